The van der Waals surface area contributed by atoms with Gasteiger partial charge in [0, 0.05) is 10.4 Å². The largest absolute Gasteiger partial charge is 0.252 e. The van der Waals surface area contributed by atoms with Gasteiger partial charge >= 0.3 is 0 Å². The van der Waals surface area contributed by atoms with Gasteiger partial charge in [0.15, 0.2) is 0 Å². The summed E-state index contributed by atoms with van der Waals surface area (Å²) in [5.74, 6) is 0. The number of benzene rings is 1. The topological polar surface area (TPSA) is 37.3 Å². The van der Waals surface area contributed by atoms with Gasteiger partial charge in [-0.25, -0.2) is 4.98 Å². The van der Waals surface area contributed by atoms with Crippen molar-refractivity contribution in [3.8, 4) is 0 Å². The molecule has 0 saturated carbocycles. The molecule has 0 unspecified atom stereocenters. The fourth-order valence-electron chi connectivity index (χ4n) is 1.29. The summed E-state index contributed by atoms with van der Waals surface area (Å²) in [4.78, 5) is 4.27. The molecule has 5 heteroatoms. The predicted molar refractivity (Wildman–Crippen MR) is 74.1 cm³/mol. The van der Waals surface area contributed by atoms with Gasteiger partial charge < -0.3 is 0 Å². The fourth-order valence-corrected chi connectivity index (χ4v) is 2.05. The summed E-state index contributed by atoms with van der Waals surface area (Å²) < 4.78 is 0. The molecule has 1 aromatic carbocycles. The molecule has 0 saturated heterocycles. The quantitative estimate of drug-likeness (QED) is 0.674. The third-order valence-electron chi connectivity index (χ3n) is 2.20. The van der Waals surface area contributed by atoms with Crippen LogP contribution in [0, 0.1) is 6.92 Å². The fraction of sp³-hybridized carbons (Fsp3) is 0.167. The maximum absolute atomic E-state index is 5.83. The maximum atomic E-state index is 5.83. The summed E-state index contributed by atoms with van der Waals surface area (Å²) in [6, 6.07) is 7.58. The van der Waals surface area contributed by atoms with Crippen LogP contribution in [0.3, 0.4) is 0 Å². The molecule has 88 valence electrons. The van der Waals surface area contributed by atoms with Gasteiger partial charge in [-0.2, -0.15) is 5.10 Å². The second-order valence-corrected chi connectivity index (χ2v) is 4.90. The highest BCUT2D eigenvalue weighted by atomic mass is 35.5. The minimum Gasteiger partial charge on any atom is -0.252 e. The van der Waals surface area contributed by atoms with E-state index in [4.69, 9.17) is 11.6 Å². The smallest absolute Gasteiger partial charge is 0.203 e. The average Bonchev–Trinajstić information content (AvgIpc) is 2.73. The molecule has 2 aromatic rings. The number of thiazole rings is 1. The van der Waals surface area contributed by atoms with E-state index in [1.807, 2.05) is 43.5 Å². The first-order valence-electron chi connectivity index (χ1n) is 5.13. The molecule has 0 aliphatic heterocycles. The predicted octanol–water partition coefficient (Wildman–Crippen LogP) is 3.94. The summed E-state index contributed by atoms with van der Waals surface area (Å²) in [5, 5.41) is 7.79. The zero-order valence-corrected chi connectivity index (χ0v) is 11.1. The molecular formula is C12H12ClN3S. The van der Waals surface area contributed by atoms with Gasteiger partial charge in [-0.15, -0.1) is 11.3 Å². The SMILES string of the molecule is C/C(=N/Nc1nc(C)cs1)c1ccc(Cl)cc1. The van der Waals surface area contributed by atoms with Gasteiger partial charge in [0.05, 0.1) is 11.4 Å². The van der Waals surface area contributed by atoms with Crippen LogP contribution in [0.15, 0.2) is 34.7 Å². The van der Waals surface area contributed by atoms with E-state index in [9.17, 15) is 0 Å². The van der Waals surface area contributed by atoms with E-state index in [2.05, 4.69) is 15.5 Å². The van der Waals surface area contributed by atoms with E-state index in [1.165, 1.54) is 11.3 Å². The first kappa shape index (κ1) is 12.1. The number of hydrazone groups is 1. The van der Waals surface area contributed by atoms with Gasteiger partial charge in [0.25, 0.3) is 0 Å². The summed E-state index contributed by atoms with van der Waals surface area (Å²) in [6.45, 7) is 3.90. The molecule has 0 atom stereocenters. The number of rotatable bonds is 3. The van der Waals surface area contributed by atoms with Crippen LogP contribution in [0.25, 0.3) is 0 Å². The third-order valence-corrected chi connectivity index (χ3v) is 3.32. The van der Waals surface area contributed by atoms with Crippen molar-refractivity contribution in [1.82, 2.24) is 4.98 Å². The number of aromatic nitrogens is 1. The Bertz CT molecular complexity index is 531. The number of nitrogens with one attached hydrogen (secondary N) is 1. The number of nitrogens with zero attached hydrogens (tertiary/aromatic N) is 2. The normalized spacial score (nSPS) is 11.6. The average molecular weight is 266 g/mol. The van der Waals surface area contributed by atoms with Crippen LogP contribution in [-0.4, -0.2) is 10.7 Å². The number of anilines is 1. The van der Waals surface area contributed by atoms with E-state index in [0.717, 1.165) is 27.1 Å². The highest BCUT2D eigenvalue weighted by Crippen LogP contribution is 2.15. The van der Waals surface area contributed by atoms with Gasteiger partial charge in [-0.1, -0.05) is 23.7 Å². The van der Waals surface area contributed by atoms with Gasteiger partial charge in [-0.05, 0) is 31.5 Å². The second kappa shape index (κ2) is 5.29. The standard InChI is InChI=1S/C12H12ClN3S/c1-8-7-17-12(14-8)16-15-9(2)10-3-5-11(13)6-4-10/h3-7H,1-2H3,(H,14,16)/b15-9-. The lowest BCUT2D eigenvalue weighted by Crippen LogP contribution is -1.99. The van der Waals surface area contributed by atoms with E-state index in [0.29, 0.717) is 0 Å². The Balaban J connectivity index is 2.09. The van der Waals surface area contributed by atoms with E-state index in [1.54, 1.807) is 0 Å². The molecule has 1 N–H and O–H groups in total. The molecule has 0 radical (unpaired) electrons. The number of hydrogen-bond acceptors (Lipinski definition) is 4. The number of halogens is 1. The van der Waals surface area contributed by atoms with Crippen molar-refractivity contribution in [2.24, 2.45) is 5.10 Å². The van der Waals surface area contributed by atoms with Crippen molar-refractivity contribution in [3.05, 3.63) is 45.9 Å². The van der Waals surface area contributed by atoms with Crippen LogP contribution in [0.2, 0.25) is 5.02 Å². The van der Waals surface area contributed by atoms with Crippen LogP contribution < -0.4 is 5.43 Å². The molecule has 1 aromatic heterocycles. The van der Waals surface area contributed by atoms with Crippen molar-refractivity contribution in [3.63, 3.8) is 0 Å². The van der Waals surface area contributed by atoms with Crippen LogP contribution in [0.5, 0.6) is 0 Å². The highest BCUT2D eigenvalue weighted by molar-refractivity contribution is 7.13. The molecule has 0 amide bonds. The lowest BCUT2D eigenvalue weighted by molar-refractivity contribution is 1.21. The lowest BCUT2D eigenvalue weighted by Gasteiger charge is -2.01. The molecule has 1 heterocycles. The minimum absolute atomic E-state index is 0.727. The number of hydrogen-bond donors (Lipinski definition) is 1. The molecular weight excluding hydrogens is 254 g/mol. The second-order valence-electron chi connectivity index (χ2n) is 3.61. The Morgan fingerprint density at radius 2 is 2.06 bits per heavy atom. The Labute approximate surface area is 109 Å². The minimum atomic E-state index is 0.727. The van der Waals surface area contributed by atoms with Crippen molar-refractivity contribution in [2.45, 2.75) is 13.8 Å². The van der Waals surface area contributed by atoms with Crippen LogP contribution in [0.4, 0.5) is 5.13 Å². The van der Waals surface area contributed by atoms with Crippen molar-refractivity contribution in [1.29, 1.82) is 0 Å². The highest BCUT2D eigenvalue weighted by Gasteiger charge is 1.99. The summed E-state index contributed by atoms with van der Waals surface area (Å²) in [6.07, 6.45) is 0. The first-order chi connectivity index (χ1) is 8.15. The Morgan fingerprint density at radius 1 is 1.35 bits per heavy atom. The Hall–Kier alpha value is -1.39. The summed E-state index contributed by atoms with van der Waals surface area (Å²) >= 11 is 7.37. The zero-order valence-electron chi connectivity index (χ0n) is 9.57. The maximum Gasteiger partial charge on any atom is 0.203 e. The molecule has 0 spiro atoms. The van der Waals surface area contributed by atoms with Crippen LogP contribution >= 0.6 is 22.9 Å². The zero-order chi connectivity index (χ0) is 12.3. The van der Waals surface area contributed by atoms with Gasteiger partial charge in [0.1, 0.15) is 0 Å². The molecule has 2 rings (SSSR count). The molecule has 0 fully saturated rings. The van der Waals surface area contributed by atoms with E-state index >= 15 is 0 Å². The van der Waals surface area contributed by atoms with E-state index < -0.39 is 0 Å². The van der Waals surface area contributed by atoms with Crippen LogP contribution in [-0.2, 0) is 0 Å². The number of aryl methyl sites for hydroxylation is 1. The Kier molecular flexibility index (Phi) is 3.76. The van der Waals surface area contributed by atoms with Crippen molar-refractivity contribution >= 4 is 33.8 Å². The van der Waals surface area contributed by atoms with Gasteiger partial charge in [-0.3, -0.25) is 5.43 Å². The Morgan fingerprint density at radius 3 is 2.65 bits per heavy atom. The molecule has 0 bridgehead atoms. The molecule has 0 aliphatic rings. The third kappa shape index (κ3) is 3.28. The molecule has 3 nitrogen and oxygen atoms in total. The van der Waals surface area contributed by atoms with Crippen LogP contribution in [0.1, 0.15) is 18.2 Å². The summed E-state index contributed by atoms with van der Waals surface area (Å²) in [5.41, 5.74) is 5.87. The van der Waals surface area contributed by atoms with E-state index in [-0.39, 0.29) is 0 Å². The lowest BCUT2D eigenvalue weighted by atomic mass is 10.1. The van der Waals surface area contributed by atoms with Crippen molar-refractivity contribution < 1.29 is 0 Å². The first-order valence-corrected chi connectivity index (χ1v) is 6.39. The molecule has 17 heavy (non-hydrogen) atoms. The van der Waals surface area contributed by atoms with Crippen molar-refractivity contribution in [2.75, 3.05) is 5.43 Å². The van der Waals surface area contributed by atoms with Gasteiger partial charge in [0.2, 0.25) is 5.13 Å². The monoisotopic (exact) mass is 265 g/mol. The molecule has 0 aliphatic carbocycles. The summed E-state index contributed by atoms with van der Waals surface area (Å²) in [7, 11) is 0.